The molecule has 0 atom stereocenters. The molecule has 0 saturated heterocycles. The van der Waals surface area contributed by atoms with E-state index in [1.807, 2.05) is 48.7 Å². The minimum atomic E-state index is 0.708. The Hall–Kier alpha value is -2.53. The molecule has 0 fully saturated rings. The second-order valence-electron chi connectivity index (χ2n) is 4.81. The number of fused-ring (bicyclic) bond motifs is 1. The summed E-state index contributed by atoms with van der Waals surface area (Å²) in [5.74, 6) is 1.51. The number of benzene rings is 1. The van der Waals surface area contributed by atoms with Crippen LogP contribution in [0.15, 0.2) is 47.8 Å². The van der Waals surface area contributed by atoms with E-state index in [0.717, 1.165) is 32.9 Å². The highest BCUT2D eigenvalue weighted by Crippen LogP contribution is 2.28. The van der Waals surface area contributed by atoms with Gasteiger partial charge in [-0.1, -0.05) is 24.3 Å². The average molecular weight is 292 g/mol. The number of pyridine rings is 1. The second kappa shape index (κ2) is 4.79. The Kier molecular flexibility index (Phi) is 2.79. The maximum absolute atomic E-state index is 4.63. The molecule has 102 valence electrons. The fraction of sp³-hybridized carbons (Fsp3) is 0.0625. The number of aromatic nitrogens is 4. The summed E-state index contributed by atoms with van der Waals surface area (Å²) in [6.45, 7) is 1.99. The first-order chi connectivity index (χ1) is 10.3. The van der Waals surface area contributed by atoms with Crippen LogP contribution in [-0.2, 0) is 0 Å². The zero-order valence-electron chi connectivity index (χ0n) is 11.4. The number of aryl methyl sites for hydroxylation is 1. The van der Waals surface area contributed by atoms with Gasteiger partial charge in [0.15, 0.2) is 11.6 Å². The molecule has 21 heavy (non-hydrogen) atoms. The lowest BCUT2D eigenvalue weighted by Crippen LogP contribution is -1.89. The zero-order chi connectivity index (χ0) is 14.2. The molecular weight excluding hydrogens is 280 g/mol. The monoisotopic (exact) mass is 292 g/mol. The van der Waals surface area contributed by atoms with Crippen LogP contribution < -0.4 is 0 Å². The number of hydrogen-bond acceptors (Lipinski definition) is 4. The van der Waals surface area contributed by atoms with Gasteiger partial charge in [0.25, 0.3) is 0 Å². The van der Waals surface area contributed by atoms with E-state index in [1.54, 1.807) is 11.3 Å². The van der Waals surface area contributed by atoms with Crippen LogP contribution in [0.5, 0.6) is 0 Å². The molecule has 4 aromatic rings. The Balaban J connectivity index is 1.91. The summed E-state index contributed by atoms with van der Waals surface area (Å²) < 4.78 is 0. The van der Waals surface area contributed by atoms with Crippen LogP contribution in [0, 0.1) is 6.92 Å². The van der Waals surface area contributed by atoms with Gasteiger partial charge in [-0.05, 0) is 30.5 Å². The van der Waals surface area contributed by atoms with Gasteiger partial charge in [-0.15, -0.1) is 11.3 Å². The van der Waals surface area contributed by atoms with E-state index in [2.05, 4.69) is 26.2 Å². The van der Waals surface area contributed by atoms with Gasteiger partial charge in [0.2, 0.25) is 0 Å². The lowest BCUT2D eigenvalue weighted by molar-refractivity contribution is 1.10. The standard InChI is InChI=1S/C16H12N4S/c1-10-9-12(11-5-2-3-6-13(11)17-10)15-18-16(20-19-15)14-7-4-8-21-14/h2-9H,1H3,(H,18,19,20). The molecule has 0 aliphatic heterocycles. The van der Waals surface area contributed by atoms with E-state index in [0.29, 0.717) is 5.82 Å². The molecule has 1 aromatic carbocycles. The smallest absolute Gasteiger partial charge is 0.182 e. The van der Waals surface area contributed by atoms with Crippen LogP contribution in [0.4, 0.5) is 0 Å². The second-order valence-corrected chi connectivity index (χ2v) is 5.76. The maximum Gasteiger partial charge on any atom is 0.182 e. The van der Waals surface area contributed by atoms with Crippen molar-refractivity contribution < 1.29 is 0 Å². The Morgan fingerprint density at radius 1 is 1.05 bits per heavy atom. The molecule has 0 spiro atoms. The topological polar surface area (TPSA) is 54.5 Å². The first-order valence-corrected chi connectivity index (χ1v) is 7.52. The molecule has 0 amide bonds. The van der Waals surface area contributed by atoms with Crippen molar-refractivity contribution in [3.05, 3.63) is 53.5 Å². The lowest BCUT2D eigenvalue weighted by Gasteiger charge is -2.04. The third-order valence-electron chi connectivity index (χ3n) is 3.33. The number of nitrogens with one attached hydrogen (secondary N) is 1. The number of rotatable bonds is 2. The summed E-state index contributed by atoms with van der Waals surface area (Å²) in [6.07, 6.45) is 0. The van der Waals surface area contributed by atoms with E-state index >= 15 is 0 Å². The van der Waals surface area contributed by atoms with E-state index in [1.165, 1.54) is 0 Å². The molecule has 1 N–H and O–H groups in total. The Bertz CT molecular complexity index is 909. The largest absolute Gasteiger partial charge is 0.258 e. The minimum absolute atomic E-state index is 0.708. The van der Waals surface area contributed by atoms with Crippen molar-refractivity contribution in [1.29, 1.82) is 0 Å². The first-order valence-electron chi connectivity index (χ1n) is 6.64. The van der Waals surface area contributed by atoms with Crippen molar-refractivity contribution in [1.82, 2.24) is 20.2 Å². The number of nitrogens with zero attached hydrogens (tertiary/aromatic N) is 3. The Morgan fingerprint density at radius 2 is 1.95 bits per heavy atom. The minimum Gasteiger partial charge on any atom is -0.258 e. The molecule has 0 aliphatic carbocycles. The SMILES string of the molecule is Cc1cc(-c2n[nH]c(-c3cccs3)n2)c2ccccc2n1. The third-order valence-corrected chi connectivity index (χ3v) is 4.20. The predicted molar refractivity (Wildman–Crippen MR) is 85.2 cm³/mol. The highest BCUT2D eigenvalue weighted by atomic mass is 32.1. The van der Waals surface area contributed by atoms with E-state index < -0.39 is 0 Å². The number of para-hydroxylation sites is 1. The number of aromatic amines is 1. The molecule has 4 nitrogen and oxygen atoms in total. The van der Waals surface area contributed by atoms with Crippen molar-refractivity contribution >= 4 is 22.2 Å². The van der Waals surface area contributed by atoms with Gasteiger partial charge in [-0.3, -0.25) is 10.1 Å². The van der Waals surface area contributed by atoms with Crippen LogP contribution >= 0.6 is 11.3 Å². The highest BCUT2D eigenvalue weighted by molar-refractivity contribution is 7.13. The Morgan fingerprint density at radius 3 is 2.81 bits per heavy atom. The predicted octanol–water partition coefficient (Wildman–Crippen LogP) is 4.06. The molecule has 0 aliphatic rings. The molecule has 0 saturated carbocycles. The van der Waals surface area contributed by atoms with Crippen LogP contribution in [-0.4, -0.2) is 20.2 Å². The van der Waals surface area contributed by atoms with E-state index in [-0.39, 0.29) is 0 Å². The summed E-state index contributed by atoms with van der Waals surface area (Å²) in [4.78, 5) is 10.3. The van der Waals surface area contributed by atoms with Crippen LogP contribution in [0.2, 0.25) is 0 Å². The normalized spacial score (nSPS) is 11.1. The molecule has 5 heteroatoms. The number of H-pyrrole nitrogens is 1. The van der Waals surface area contributed by atoms with Crippen LogP contribution in [0.1, 0.15) is 5.69 Å². The molecule has 0 unspecified atom stereocenters. The van der Waals surface area contributed by atoms with E-state index in [9.17, 15) is 0 Å². The van der Waals surface area contributed by atoms with Gasteiger partial charge in [-0.25, -0.2) is 4.98 Å². The van der Waals surface area contributed by atoms with Gasteiger partial charge in [-0.2, -0.15) is 5.10 Å². The summed E-state index contributed by atoms with van der Waals surface area (Å²) >= 11 is 1.65. The number of hydrogen-bond donors (Lipinski definition) is 1. The van der Waals surface area contributed by atoms with Crippen LogP contribution in [0.3, 0.4) is 0 Å². The average Bonchev–Trinajstić information content (AvgIpc) is 3.17. The summed E-state index contributed by atoms with van der Waals surface area (Å²) in [6, 6.07) is 14.1. The van der Waals surface area contributed by atoms with Gasteiger partial charge < -0.3 is 0 Å². The molecule has 4 rings (SSSR count). The first kappa shape index (κ1) is 12.2. The third kappa shape index (κ3) is 2.11. The van der Waals surface area contributed by atoms with Gasteiger partial charge >= 0.3 is 0 Å². The quantitative estimate of drug-likeness (QED) is 0.606. The Labute approximate surface area is 125 Å². The van der Waals surface area contributed by atoms with Gasteiger partial charge in [0.05, 0.1) is 10.4 Å². The van der Waals surface area contributed by atoms with Crippen molar-refractivity contribution in [2.45, 2.75) is 6.92 Å². The maximum atomic E-state index is 4.63. The number of thiophene rings is 1. The molecule has 3 aromatic heterocycles. The molecule has 0 bridgehead atoms. The molecule has 3 heterocycles. The van der Waals surface area contributed by atoms with Crippen molar-refractivity contribution in [2.75, 3.05) is 0 Å². The van der Waals surface area contributed by atoms with Crippen molar-refractivity contribution in [3.63, 3.8) is 0 Å². The van der Waals surface area contributed by atoms with Gasteiger partial charge in [0, 0.05) is 16.6 Å². The van der Waals surface area contributed by atoms with Gasteiger partial charge in [0.1, 0.15) is 0 Å². The molecular formula is C16H12N4S. The van der Waals surface area contributed by atoms with Crippen molar-refractivity contribution in [3.8, 4) is 22.1 Å². The molecule has 0 radical (unpaired) electrons. The highest BCUT2D eigenvalue weighted by Gasteiger charge is 2.12. The van der Waals surface area contributed by atoms with Crippen LogP contribution in [0.25, 0.3) is 33.0 Å². The van der Waals surface area contributed by atoms with E-state index in [4.69, 9.17) is 0 Å². The lowest BCUT2D eigenvalue weighted by atomic mass is 10.1. The summed E-state index contributed by atoms with van der Waals surface area (Å²) in [7, 11) is 0. The summed E-state index contributed by atoms with van der Waals surface area (Å²) in [5.41, 5.74) is 2.94. The summed E-state index contributed by atoms with van der Waals surface area (Å²) in [5, 5.41) is 10.5. The fourth-order valence-electron chi connectivity index (χ4n) is 2.40. The van der Waals surface area contributed by atoms with Crippen molar-refractivity contribution in [2.24, 2.45) is 0 Å². The fourth-order valence-corrected chi connectivity index (χ4v) is 3.06. The zero-order valence-corrected chi connectivity index (χ0v) is 12.2.